The molecule has 0 aliphatic heterocycles. The molecule has 16 heavy (non-hydrogen) atoms. The van der Waals surface area contributed by atoms with E-state index in [4.69, 9.17) is 14.6 Å². The van der Waals surface area contributed by atoms with Gasteiger partial charge in [-0.25, -0.2) is 4.79 Å². The molecule has 86 valence electrons. The molecule has 2 rings (SSSR count). The normalized spacial score (nSPS) is 12.2. The van der Waals surface area contributed by atoms with E-state index in [1.54, 1.807) is 32.9 Å². The number of ether oxygens (including phenoxy) is 2. The molecule has 0 aromatic carbocycles. The van der Waals surface area contributed by atoms with Crippen molar-refractivity contribution in [1.82, 2.24) is 0 Å². The lowest BCUT2D eigenvalue weighted by Crippen LogP contribution is -2.40. The van der Waals surface area contributed by atoms with E-state index in [0.29, 0.717) is 12.4 Å². The fourth-order valence-corrected chi connectivity index (χ4v) is 1.54. The van der Waals surface area contributed by atoms with Crippen molar-refractivity contribution in [3.05, 3.63) is 22.6 Å². The third-order valence-electron chi connectivity index (χ3n) is 2.52. The van der Waals surface area contributed by atoms with Crippen molar-refractivity contribution in [3.63, 3.8) is 0 Å². The number of aromatic hydroxyl groups is 1. The Labute approximate surface area is 93.1 Å². The van der Waals surface area contributed by atoms with Crippen LogP contribution in [0.4, 0.5) is 0 Å². The SMILES string of the molecule is CCOC(=O)C(C)(C)Oc1cc2c(O)cc1=2. The molecule has 0 bridgehead atoms. The molecule has 1 N–H and O–H groups in total. The summed E-state index contributed by atoms with van der Waals surface area (Å²) in [6.45, 7) is 5.41. The summed E-state index contributed by atoms with van der Waals surface area (Å²) in [4.78, 5) is 11.6. The average Bonchev–Trinajstić information content (AvgIpc) is 2.20. The molecule has 2 aliphatic rings. The highest BCUT2D eigenvalue weighted by Crippen LogP contribution is 2.34. The van der Waals surface area contributed by atoms with Gasteiger partial charge in [-0.2, -0.15) is 0 Å². The van der Waals surface area contributed by atoms with Crippen molar-refractivity contribution in [2.24, 2.45) is 0 Å². The lowest BCUT2D eigenvalue weighted by Gasteiger charge is -2.26. The van der Waals surface area contributed by atoms with Crippen molar-refractivity contribution in [1.29, 1.82) is 0 Å². The van der Waals surface area contributed by atoms with Crippen LogP contribution >= 0.6 is 0 Å². The van der Waals surface area contributed by atoms with Gasteiger partial charge in [0.2, 0.25) is 0 Å². The van der Waals surface area contributed by atoms with E-state index in [1.807, 2.05) is 0 Å². The third kappa shape index (κ3) is 1.50. The number of benzene rings is 1. The Morgan fingerprint density at radius 1 is 1.38 bits per heavy atom. The van der Waals surface area contributed by atoms with Crippen LogP contribution in [0.25, 0.3) is 0 Å². The van der Waals surface area contributed by atoms with Crippen LogP contribution in [-0.2, 0) is 9.53 Å². The van der Waals surface area contributed by atoms with Crippen LogP contribution in [0.15, 0.2) is 12.1 Å². The highest BCUT2D eigenvalue weighted by atomic mass is 16.6. The molecule has 0 amide bonds. The number of esters is 1. The largest absolute Gasteiger partial charge is 0.507 e. The molecule has 0 aromatic heterocycles. The topological polar surface area (TPSA) is 55.8 Å². The monoisotopic (exact) mass is 222 g/mol. The van der Waals surface area contributed by atoms with Crippen molar-refractivity contribution in [3.8, 4) is 11.5 Å². The van der Waals surface area contributed by atoms with Crippen LogP contribution in [0.5, 0.6) is 11.5 Å². The van der Waals surface area contributed by atoms with Crippen LogP contribution in [0.3, 0.4) is 0 Å². The number of hydrogen-bond acceptors (Lipinski definition) is 4. The van der Waals surface area contributed by atoms with E-state index in [1.165, 1.54) is 0 Å². The Morgan fingerprint density at radius 2 is 2.06 bits per heavy atom. The standard InChI is InChI=1S/C12H14O4/c1-4-15-11(14)12(2,3)16-10-6-7-8(10)5-9(7)13/h5-6,13H,4H2,1-3H3. The zero-order chi connectivity index (χ0) is 11.9. The first kappa shape index (κ1) is 10.8. The van der Waals surface area contributed by atoms with Gasteiger partial charge >= 0.3 is 5.97 Å². The number of phenolic OH excluding ortho intramolecular Hbond substituents is 1. The van der Waals surface area contributed by atoms with Gasteiger partial charge in [0.15, 0.2) is 5.60 Å². The molecule has 4 heteroatoms. The minimum absolute atomic E-state index is 0.274. The third-order valence-corrected chi connectivity index (χ3v) is 2.52. The van der Waals surface area contributed by atoms with Crippen molar-refractivity contribution in [2.75, 3.05) is 6.61 Å². The zero-order valence-corrected chi connectivity index (χ0v) is 9.53. The van der Waals surface area contributed by atoms with Crippen molar-refractivity contribution in [2.45, 2.75) is 26.4 Å². The summed E-state index contributed by atoms with van der Waals surface area (Å²) in [6, 6.07) is 3.33. The van der Waals surface area contributed by atoms with Gasteiger partial charge in [0, 0.05) is 10.4 Å². The minimum atomic E-state index is -1.00. The molecule has 0 unspecified atom stereocenters. The molecule has 2 aliphatic carbocycles. The Bertz CT molecular complexity index is 531. The van der Waals surface area contributed by atoms with Crippen LogP contribution in [0.1, 0.15) is 20.8 Å². The quantitative estimate of drug-likeness (QED) is 0.800. The van der Waals surface area contributed by atoms with E-state index >= 15 is 0 Å². The van der Waals surface area contributed by atoms with Crippen molar-refractivity contribution < 1.29 is 19.4 Å². The van der Waals surface area contributed by atoms with Crippen molar-refractivity contribution >= 4 is 5.97 Å². The Morgan fingerprint density at radius 3 is 2.50 bits per heavy atom. The number of hydrogen-bond donors (Lipinski definition) is 1. The molecule has 0 saturated heterocycles. The van der Waals surface area contributed by atoms with Crippen LogP contribution in [0.2, 0.25) is 0 Å². The van der Waals surface area contributed by atoms with Gasteiger partial charge < -0.3 is 14.6 Å². The Balaban J connectivity index is 2.09. The van der Waals surface area contributed by atoms with E-state index in [2.05, 4.69) is 0 Å². The maximum atomic E-state index is 11.6. The molecular formula is C12H14O4. The summed E-state index contributed by atoms with van der Waals surface area (Å²) in [5.74, 6) is 0.514. The lowest BCUT2D eigenvalue weighted by molar-refractivity contribution is -0.158. The van der Waals surface area contributed by atoms with E-state index in [-0.39, 0.29) is 5.75 Å². The second-order valence-electron chi connectivity index (χ2n) is 4.20. The second-order valence-corrected chi connectivity index (χ2v) is 4.20. The fraction of sp³-hybridized carbons (Fsp3) is 0.417. The van der Waals surface area contributed by atoms with Gasteiger partial charge in [0.1, 0.15) is 11.5 Å². The Kier molecular flexibility index (Phi) is 2.30. The van der Waals surface area contributed by atoms with Gasteiger partial charge in [0.25, 0.3) is 0 Å². The summed E-state index contributed by atoms with van der Waals surface area (Å²) in [5.41, 5.74) is -1.00. The number of carbonyl (C=O) groups excluding carboxylic acids is 1. The zero-order valence-electron chi connectivity index (χ0n) is 9.53. The highest BCUT2D eigenvalue weighted by Gasteiger charge is 2.33. The predicted molar refractivity (Wildman–Crippen MR) is 57.1 cm³/mol. The first-order valence-corrected chi connectivity index (χ1v) is 5.19. The van der Waals surface area contributed by atoms with Gasteiger partial charge in [-0.1, -0.05) is 0 Å². The average molecular weight is 222 g/mol. The highest BCUT2D eigenvalue weighted by molar-refractivity contribution is 5.79. The Hall–Kier alpha value is -1.71. The lowest BCUT2D eigenvalue weighted by atomic mass is 10.0. The van der Waals surface area contributed by atoms with Crippen LogP contribution in [-0.4, -0.2) is 23.3 Å². The van der Waals surface area contributed by atoms with E-state index < -0.39 is 11.6 Å². The molecule has 0 atom stereocenters. The summed E-state index contributed by atoms with van der Waals surface area (Å²) in [7, 11) is 0. The van der Waals surface area contributed by atoms with Crippen LogP contribution in [0, 0.1) is 10.4 Å². The summed E-state index contributed by atoms with van der Waals surface area (Å²) in [6.07, 6.45) is 0. The van der Waals surface area contributed by atoms with Gasteiger partial charge in [0.05, 0.1) is 6.61 Å². The van der Waals surface area contributed by atoms with Gasteiger partial charge in [-0.05, 0) is 32.9 Å². The number of carbonyl (C=O) groups is 1. The molecule has 0 spiro atoms. The maximum Gasteiger partial charge on any atom is 0.349 e. The second kappa shape index (κ2) is 3.40. The molecule has 0 heterocycles. The molecule has 0 fully saturated rings. The maximum absolute atomic E-state index is 11.6. The first-order chi connectivity index (χ1) is 7.45. The molecule has 0 aromatic rings. The fourth-order valence-electron chi connectivity index (χ4n) is 1.54. The predicted octanol–water partition coefficient (Wildman–Crippen LogP) is 1.71. The summed E-state index contributed by atoms with van der Waals surface area (Å²) < 4.78 is 10.4. The van der Waals surface area contributed by atoms with E-state index in [9.17, 15) is 4.79 Å². The minimum Gasteiger partial charge on any atom is -0.507 e. The molecule has 4 nitrogen and oxygen atoms in total. The van der Waals surface area contributed by atoms with Gasteiger partial charge in [-0.3, -0.25) is 0 Å². The molecule has 0 saturated carbocycles. The summed E-state index contributed by atoms with van der Waals surface area (Å²) in [5, 5.41) is 10.8. The number of phenols is 1. The summed E-state index contributed by atoms with van der Waals surface area (Å²) >= 11 is 0. The smallest absolute Gasteiger partial charge is 0.349 e. The first-order valence-electron chi connectivity index (χ1n) is 5.19. The molecular weight excluding hydrogens is 208 g/mol. The van der Waals surface area contributed by atoms with Gasteiger partial charge in [-0.15, -0.1) is 0 Å². The number of rotatable bonds is 4. The van der Waals surface area contributed by atoms with E-state index in [0.717, 1.165) is 10.4 Å². The van der Waals surface area contributed by atoms with Crippen LogP contribution < -0.4 is 4.74 Å². The molecule has 0 radical (unpaired) electrons.